The molecule has 5 nitrogen and oxygen atoms in total. The van der Waals surface area contributed by atoms with Gasteiger partial charge in [0.15, 0.2) is 0 Å². The maximum Gasteiger partial charge on any atom is 0.317 e. The summed E-state index contributed by atoms with van der Waals surface area (Å²) in [5, 5.41) is 11.2. The van der Waals surface area contributed by atoms with Gasteiger partial charge in [-0.05, 0) is 12.3 Å². The Hall–Kier alpha value is -1.26. The van der Waals surface area contributed by atoms with E-state index >= 15 is 0 Å². The molecule has 1 saturated heterocycles. The maximum atomic E-state index is 11.1. The van der Waals surface area contributed by atoms with Crippen LogP contribution in [-0.2, 0) is 4.79 Å². The Morgan fingerprint density at radius 3 is 2.93 bits per heavy atom. The lowest BCUT2D eigenvalue weighted by molar-refractivity contribution is -0.137. The predicted octanol–water partition coefficient (Wildman–Crippen LogP) is 0.512. The van der Waals surface area contributed by atoms with Crippen LogP contribution in [0.5, 0.6) is 0 Å². The summed E-state index contributed by atoms with van der Waals surface area (Å²) in [6, 6.07) is -0.0350. The van der Waals surface area contributed by atoms with Gasteiger partial charge < -0.3 is 15.3 Å². The zero-order chi connectivity index (χ0) is 10.6. The number of carbonyl (C=O) groups is 2. The number of carboxylic acid groups (broad SMARTS) is 1. The van der Waals surface area contributed by atoms with Crippen molar-refractivity contribution in [2.75, 3.05) is 19.6 Å². The molecular formula is C9H16N2O3. The number of amides is 2. The molecule has 1 aliphatic heterocycles. The first-order valence-electron chi connectivity index (χ1n) is 4.84. The van der Waals surface area contributed by atoms with E-state index in [1.54, 1.807) is 4.90 Å². The summed E-state index contributed by atoms with van der Waals surface area (Å²) in [5.41, 5.74) is 0. The van der Waals surface area contributed by atoms with Crippen LogP contribution in [0.2, 0.25) is 0 Å². The molecule has 1 fully saturated rings. The number of carbonyl (C=O) groups excluding carboxylic acids is 1. The third-order valence-corrected chi connectivity index (χ3v) is 2.33. The Morgan fingerprint density at radius 2 is 2.43 bits per heavy atom. The summed E-state index contributed by atoms with van der Waals surface area (Å²) in [6.07, 6.45) is 0.801. The first kappa shape index (κ1) is 10.8. The molecule has 1 atom stereocenters. The fourth-order valence-corrected chi connectivity index (χ4v) is 1.52. The van der Waals surface area contributed by atoms with Crippen molar-refractivity contribution in [3.63, 3.8) is 0 Å². The van der Waals surface area contributed by atoms with Crippen LogP contribution in [0.25, 0.3) is 0 Å². The van der Waals surface area contributed by atoms with Crippen molar-refractivity contribution >= 4 is 12.0 Å². The highest BCUT2D eigenvalue weighted by Gasteiger charge is 2.21. The van der Waals surface area contributed by atoms with Crippen molar-refractivity contribution in [2.24, 2.45) is 5.92 Å². The minimum Gasteiger partial charge on any atom is -0.481 e. The molecule has 0 bridgehead atoms. The smallest absolute Gasteiger partial charge is 0.317 e. The van der Waals surface area contributed by atoms with Gasteiger partial charge in [-0.2, -0.15) is 0 Å². The van der Waals surface area contributed by atoms with E-state index < -0.39 is 5.97 Å². The predicted molar refractivity (Wildman–Crippen MR) is 51.0 cm³/mol. The third-order valence-electron chi connectivity index (χ3n) is 2.33. The number of urea groups is 1. The molecule has 0 aliphatic carbocycles. The fraction of sp³-hybridized carbons (Fsp3) is 0.778. The molecule has 5 heteroatoms. The van der Waals surface area contributed by atoms with Gasteiger partial charge in [-0.3, -0.25) is 4.79 Å². The first-order chi connectivity index (χ1) is 6.59. The molecule has 14 heavy (non-hydrogen) atoms. The zero-order valence-corrected chi connectivity index (χ0v) is 8.32. The van der Waals surface area contributed by atoms with Crippen molar-refractivity contribution in [1.82, 2.24) is 10.2 Å². The molecule has 1 rings (SSSR count). The van der Waals surface area contributed by atoms with E-state index in [-0.39, 0.29) is 18.4 Å². The molecule has 0 saturated carbocycles. The van der Waals surface area contributed by atoms with Crippen molar-refractivity contribution < 1.29 is 14.7 Å². The third kappa shape index (κ3) is 3.24. The van der Waals surface area contributed by atoms with Crippen LogP contribution in [-0.4, -0.2) is 41.6 Å². The highest BCUT2D eigenvalue weighted by Crippen LogP contribution is 2.09. The van der Waals surface area contributed by atoms with Gasteiger partial charge in [-0.1, -0.05) is 6.92 Å². The van der Waals surface area contributed by atoms with Gasteiger partial charge in [0.25, 0.3) is 0 Å². The minimum absolute atomic E-state index is 0.0350. The number of hydrogen-bond donors (Lipinski definition) is 2. The van der Waals surface area contributed by atoms with Gasteiger partial charge >= 0.3 is 12.0 Å². The van der Waals surface area contributed by atoms with Gasteiger partial charge in [0.1, 0.15) is 0 Å². The van der Waals surface area contributed by atoms with Gasteiger partial charge in [-0.25, -0.2) is 4.79 Å². The second-order valence-corrected chi connectivity index (χ2v) is 3.72. The Labute approximate surface area is 83.1 Å². The molecular weight excluding hydrogens is 184 g/mol. The van der Waals surface area contributed by atoms with E-state index in [0.717, 1.165) is 6.54 Å². The van der Waals surface area contributed by atoms with E-state index in [0.29, 0.717) is 19.5 Å². The number of hydrogen-bond acceptors (Lipinski definition) is 2. The summed E-state index contributed by atoms with van der Waals surface area (Å²) >= 11 is 0. The average Bonchev–Trinajstić information content (AvgIpc) is 2.49. The van der Waals surface area contributed by atoms with Crippen LogP contribution < -0.4 is 5.32 Å². The monoisotopic (exact) mass is 200 g/mol. The first-order valence-corrected chi connectivity index (χ1v) is 4.84. The summed E-state index contributed by atoms with van der Waals surface area (Å²) in [4.78, 5) is 23.2. The Morgan fingerprint density at radius 1 is 1.71 bits per heavy atom. The van der Waals surface area contributed by atoms with Crippen LogP contribution in [0.4, 0.5) is 4.79 Å². The topological polar surface area (TPSA) is 69.6 Å². The lowest BCUT2D eigenvalue weighted by atomic mass is 10.1. The fourth-order valence-electron chi connectivity index (χ4n) is 1.52. The number of carboxylic acids is 1. The largest absolute Gasteiger partial charge is 0.481 e. The second kappa shape index (κ2) is 4.83. The lowest BCUT2D eigenvalue weighted by Gasteiger charge is -2.18. The number of nitrogens with zero attached hydrogens (tertiary/aromatic N) is 1. The second-order valence-electron chi connectivity index (χ2n) is 3.72. The number of aliphatic carboxylic acids is 1. The molecule has 0 aromatic carbocycles. The molecule has 80 valence electrons. The van der Waals surface area contributed by atoms with E-state index in [2.05, 4.69) is 5.32 Å². The van der Waals surface area contributed by atoms with E-state index in [1.807, 2.05) is 6.92 Å². The van der Waals surface area contributed by atoms with Crippen molar-refractivity contribution in [3.8, 4) is 0 Å². The number of nitrogens with one attached hydrogen (secondary N) is 1. The molecule has 0 aromatic heterocycles. The van der Waals surface area contributed by atoms with Gasteiger partial charge in [0.2, 0.25) is 0 Å². The standard InChI is InChI=1S/C9H16N2O3/c1-7(2-3-8(12)13)6-11-5-4-10-9(11)14/h7H,2-6H2,1H3,(H,10,14)(H,12,13). The highest BCUT2D eigenvalue weighted by atomic mass is 16.4. The van der Waals surface area contributed by atoms with E-state index in [9.17, 15) is 9.59 Å². The summed E-state index contributed by atoms with van der Waals surface area (Å²) in [5.74, 6) is -0.530. The molecule has 1 aliphatic rings. The van der Waals surface area contributed by atoms with Crippen LogP contribution in [0.15, 0.2) is 0 Å². The zero-order valence-electron chi connectivity index (χ0n) is 8.32. The van der Waals surface area contributed by atoms with Gasteiger partial charge in [0.05, 0.1) is 0 Å². The molecule has 0 spiro atoms. The quantitative estimate of drug-likeness (QED) is 0.679. The molecule has 1 heterocycles. The van der Waals surface area contributed by atoms with Crippen molar-refractivity contribution in [3.05, 3.63) is 0 Å². The van der Waals surface area contributed by atoms with Crippen LogP contribution in [0.3, 0.4) is 0 Å². The Balaban J connectivity index is 2.22. The summed E-state index contributed by atoms with van der Waals surface area (Å²) < 4.78 is 0. The van der Waals surface area contributed by atoms with Crippen LogP contribution in [0.1, 0.15) is 19.8 Å². The summed E-state index contributed by atoms with van der Waals surface area (Å²) in [6.45, 7) is 4.05. The maximum absolute atomic E-state index is 11.1. The SMILES string of the molecule is CC(CCC(=O)O)CN1CCNC1=O. The van der Waals surface area contributed by atoms with Gasteiger partial charge in [0, 0.05) is 26.1 Å². The van der Waals surface area contributed by atoms with E-state index in [1.165, 1.54) is 0 Å². The van der Waals surface area contributed by atoms with Crippen molar-refractivity contribution in [1.29, 1.82) is 0 Å². The Kier molecular flexibility index (Phi) is 3.73. The van der Waals surface area contributed by atoms with Crippen LogP contribution in [0, 0.1) is 5.92 Å². The minimum atomic E-state index is -0.775. The van der Waals surface area contributed by atoms with E-state index in [4.69, 9.17) is 5.11 Å². The molecule has 2 N–H and O–H groups in total. The number of rotatable bonds is 5. The normalized spacial score (nSPS) is 18.1. The highest BCUT2D eigenvalue weighted by molar-refractivity contribution is 5.76. The summed E-state index contributed by atoms with van der Waals surface area (Å²) in [7, 11) is 0. The average molecular weight is 200 g/mol. The molecule has 0 aromatic rings. The molecule has 1 unspecified atom stereocenters. The molecule has 0 radical (unpaired) electrons. The molecule has 2 amide bonds. The van der Waals surface area contributed by atoms with Crippen molar-refractivity contribution in [2.45, 2.75) is 19.8 Å². The van der Waals surface area contributed by atoms with Gasteiger partial charge in [-0.15, -0.1) is 0 Å². The van der Waals surface area contributed by atoms with Crippen LogP contribution >= 0.6 is 0 Å². The Bertz CT molecular complexity index is 230. The lowest BCUT2D eigenvalue weighted by Crippen LogP contribution is -2.32.